The van der Waals surface area contributed by atoms with E-state index in [1.54, 1.807) is 10.9 Å². The van der Waals surface area contributed by atoms with Gasteiger partial charge in [-0.2, -0.15) is 5.10 Å². The van der Waals surface area contributed by atoms with Gasteiger partial charge in [-0.3, -0.25) is 0 Å². The Bertz CT molecular complexity index is 512. The van der Waals surface area contributed by atoms with Crippen LogP contribution in [0, 0.1) is 13.8 Å². The third-order valence-corrected chi connectivity index (χ3v) is 2.36. The van der Waals surface area contributed by atoms with Crippen LogP contribution in [0.3, 0.4) is 0 Å². The van der Waals surface area contributed by atoms with Gasteiger partial charge in [0.05, 0.1) is 11.9 Å². The average Bonchev–Trinajstić information content (AvgIpc) is 2.59. The predicted molar refractivity (Wildman–Crippen MR) is 64.9 cm³/mol. The standard InChI is InChI=1S/C13H14N2O/c1-10-8-11(2)15(14-10)9-13(16)12-6-4-3-5-7-12/h3-9,16H,1-2H3/b13-9-. The Hall–Kier alpha value is -2.03. The molecule has 3 nitrogen and oxygen atoms in total. The average molecular weight is 214 g/mol. The summed E-state index contributed by atoms with van der Waals surface area (Å²) < 4.78 is 1.68. The van der Waals surface area contributed by atoms with Crippen LogP contribution in [-0.2, 0) is 0 Å². The smallest absolute Gasteiger partial charge is 0.141 e. The minimum Gasteiger partial charge on any atom is -0.506 e. The topological polar surface area (TPSA) is 38.0 Å². The fourth-order valence-corrected chi connectivity index (χ4v) is 1.58. The summed E-state index contributed by atoms with van der Waals surface area (Å²) in [5.74, 6) is 0.215. The molecule has 3 heteroatoms. The van der Waals surface area contributed by atoms with Crippen molar-refractivity contribution < 1.29 is 5.11 Å². The van der Waals surface area contributed by atoms with Crippen molar-refractivity contribution in [3.63, 3.8) is 0 Å². The number of nitrogens with zero attached hydrogens (tertiary/aromatic N) is 2. The van der Waals surface area contributed by atoms with Crippen LogP contribution in [0.15, 0.2) is 36.4 Å². The Kier molecular flexibility index (Phi) is 2.77. The van der Waals surface area contributed by atoms with Crippen LogP contribution in [0.1, 0.15) is 17.0 Å². The molecule has 1 aromatic carbocycles. The van der Waals surface area contributed by atoms with E-state index in [-0.39, 0.29) is 5.76 Å². The summed E-state index contributed by atoms with van der Waals surface area (Å²) >= 11 is 0. The highest BCUT2D eigenvalue weighted by Crippen LogP contribution is 2.12. The first kappa shape index (κ1) is 10.5. The molecule has 0 fully saturated rings. The summed E-state index contributed by atoms with van der Waals surface area (Å²) in [5, 5.41) is 14.2. The highest BCUT2D eigenvalue weighted by molar-refractivity contribution is 5.68. The van der Waals surface area contributed by atoms with E-state index in [4.69, 9.17) is 0 Å². The molecule has 0 atom stereocenters. The Balaban J connectivity index is 2.35. The lowest BCUT2D eigenvalue weighted by Gasteiger charge is -2.01. The number of rotatable bonds is 2. The van der Waals surface area contributed by atoms with Crippen LogP contribution in [0.4, 0.5) is 0 Å². The van der Waals surface area contributed by atoms with E-state index in [9.17, 15) is 5.11 Å². The molecule has 0 aliphatic carbocycles. The van der Waals surface area contributed by atoms with E-state index in [1.807, 2.05) is 50.2 Å². The third kappa shape index (κ3) is 2.14. The lowest BCUT2D eigenvalue weighted by molar-refractivity contribution is 0.512. The van der Waals surface area contributed by atoms with Crippen molar-refractivity contribution >= 4 is 12.0 Å². The number of aliphatic hydroxyl groups excluding tert-OH is 1. The third-order valence-electron chi connectivity index (χ3n) is 2.36. The molecule has 16 heavy (non-hydrogen) atoms. The van der Waals surface area contributed by atoms with Gasteiger partial charge >= 0.3 is 0 Å². The molecule has 1 N–H and O–H groups in total. The first-order valence-corrected chi connectivity index (χ1v) is 5.16. The molecule has 0 radical (unpaired) electrons. The van der Waals surface area contributed by atoms with Gasteiger partial charge in [0, 0.05) is 11.3 Å². The van der Waals surface area contributed by atoms with Crippen molar-refractivity contribution in [1.29, 1.82) is 0 Å². The van der Waals surface area contributed by atoms with E-state index in [0.29, 0.717) is 0 Å². The number of benzene rings is 1. The van der Waals surface area contributed by atoms with E-state index in [2.05, 4.69) is 5.10 Å². The number of aliphatic hydroxyl groups is 1. The molecule has 0 spiro atoms. The Morgan fingerprint density at radius 2 is 1.94 bits per heavy atom. The molecule has 0 bridgehead atoms. The van der Waals surface area contributed by atoms with Gasteiger partial charge in [-0.25, -0.2) is 4.68 Å². The van der Waals surface area contributed by atoms with E-state index >= 15 is 0 Å². The molecule has 0 saturated carbocycles. The number of hydrogen-bond donors (Lipinski definition) is 1. The van der Waals surface area contributed by atoms with Crippen LogP contribution in [-0.4, -0.2) is 14.9 Å². The maximum atomic E-state index is 9.91. The van der Waals surface area contributed by atoms with Crippen LogP contribution in [0.25, 0.3) is 12.0 Å². The summed E-state index contributed by atoms with van der Waals surface area (Å²) in [6, 6.07) is 11.4. The van der Waals surface area contributed by atoms with E-state index < -0.39 is 0 Å². The molecule has 0 aliphatic rings. The predicted octanol–water partition coefficient (Wildman–Crippen LogP) is 3.01. The fourth-order valence-electron chi connectivity index (χ4n) is 1.58. The van der Waals surface area contributed by atoms with Crippen molar-refractivity contribution in [1.82, 2.24) is 9.78 Å². The SMILES string of the molecule is Cc1cc(C)n(/C=C(\O)c2ccccc2)n1. The molecule has 2 rings (SSSR count). The van der Waals surface area contributed by atoms with Crippen LogP contribution >= 0.6 is 0 Å². The number of aromatic nitrogens is 2. The summed E-state index contributed by atoms with van der Waals surface area (Å²) in [4.78, 5) is 0. The normalized spacial score (nSPS) is 11.8. The van der Waals surface area contributed by atoms with Gasteiger partial charge in [0.1, 0.15) is 5.76 Å². The van der Waals surface area contributed by atoms with Crippen molar-refractivity contribution in [3.8, 4) is 0 Å². The van der Waals surface area contributed by atoms with Gasteiger partial charge in [0.25, 0.3) is 0 Å². The highest BCUT2D eigenvalue weighted by Gasteiger charge is 2.01. The Labute approximate surface area is 94.7 Å². The molecule has 2 aromatic rings. The highest BCUT2D eigenvalue weighted by atomic mass is 16.3. The van der Waals surface area contributed by atoms with Crippen molar-refractivity contribution in [2.24, 2.45) is 0 Å². The summed E-state index contributed by atoms with van der Waals surface area (Å²) in [6.07, 6.45) is 1.62. The molecule has 0 amide bonds. The molecule has 0 unspecified atom stereocenters. The summed E-state index contributed by atoms with van der Waals surface area (Å²) in [7, 11) is 0. The van der Waals surface area contributed by atoms with Crippen LogP contribution in [0.5, 0.6) is 0 Å². The van der Waals surface area contributed by atoms with Crippen LogP contribution < -0.4 is 0 Å². The molecule has 1 heterocycles. The van der Waals surface area contributed by atoms with Gasteiger partial charge in [-0.1, -0.05) is 30.3 Å². The second kappa shape index (κ2) is 4.23. The van der Waals surface area contributed by atoms with Crippen LogP contribution in [0.2, 0.25) is 0 Å². The van der Waals surface area contributed by atoms with Crippen molar-refractivity contribution in [3.05, 3.63) is 53.3 Å². The minimum atomic E-state index is 0.215. The Morgan fingerprint density at radius 1 is 1.25 bits per heavy atom. The molecule has 82 valence electrons. The quantitative estimate of drug-likeness (QED) is 0.780. The summed E-state index contributed by atoms with van der Waals surface area (Å²) in [6.45, 7) is 3.88. The second-order valence-corrected chi connectivity index (χ2v) is 3.75. The lowest BCUT2D eigenvalue weighted by Crippen LogP contribution is -1.94. The van der Waals surface area contributed by atoms with Gasteiger partial charge in [0.15, 0.2) is 0 Å². The molecular weight excluding hydrogens is 200 g/mol. The zero-order valence-corrected chi connectivity index (χ0v) is 9.38. The minimum absolute atomic E-state index is 0.215. The van der Waals surface area contributed by atoms with E-state index in [1.165, 1.54) is 0 Å². The largest absolute Gasteiger partial charge is 0.506 e. The van der Waals surface area contributed by atoms with Crippen molar-refractivity contribution in [2.45, 2.75) is 13.8 Å². The zero-order valence-electron chi connectivity index (χ0n) is 9.38. The zero-order chi connectivity index (χ0) is 11.5. The lowest BCUT2D eigenvalue weighted by atomic mass is 10.2. The fraction of sp³-hybridized carbons (Fsp3) is 0.154. The van der Waals surface area contributed by atoms with Gasteiger partial charge in [-0.15, -0.1) is 0 Å². The second-order valence-electron chi connectivity index (χ2n) is 3.75. The maximum absolute atomic E-state index is 9.91. The molecule has 0 aliphatic heterocycles. The summed E-state index contributed by atoms with van der Waals surface area (Å²) in [5.41, 5.74) is 2.73. The van der Waals surface area contributed by atoms with Crippen molar-refractivity contribution in [2.75, 3.05) is 0 Å². The first-order chi connectivity index (χ1) is 7.66. The monoisotopic (exact) mass is 214 g/mol. The Morgan fingerprint density at radius 3 is 2.50 bits per heavy atom. The number of hydrogen-bond acceptors (Lipinski definition) is 2. The molecule has 1 aromatic heterocycles. The van der Waals surface area contributed by atoms with Gasteiger partial charge in [0.2, 0.25) is 0 Å². The molecule has 0 saturated heterocycles. The maximum Gasteiger partial charge on any atom is 0.141 e. The van der Waals surface area contributed by atoms with Gasteiger partial charge in [-0.05, 0) is 19.9 Å². The first-order valence-electron chi connectivity index (χ1n) is 5.16. The van der Waals surface area contributed by atoms with E-state index in [0.717, 1.165) is 17.0 Å². The number of aryl methyl sites for hydroxylation is 2. The van der Waals surface area contributed by atoms with Gasteiger partial charge < -0.3 is 5.11 Å². The molecular formula is C13H14N2O.